The fourth-order valence-electron chi connectivity index (χ4n) is 1.08. The highest BCUT2D eigenvalue weighted by molar-refractivity contribution is 6.25. The molecular weight excluding hydrogens is 178 g/mol. The van der Waals surface area contributed by atoms with Crippen LogP contribution in [0.4, 0.5) is 0 Å². The van der Waals surface area contributed by atoms with Gasteiger partial charge in [0.05, 0.1) is 0 Å². The fourth-order valence-corrected chi connectivity index (χ4v) is 1.08. The topological polar surface area (TPSA) is 104 Å². The molecule has 0 aromatic rings. The Labute approximate surface area is 71.8 Å². The van der Waals surface area contributed by atoms with Gasteiger partial charge in [-0.05, 0) is 0 Å². The van der Waals surface area contributed by atoms with E-state index in [4.69, 9.17) is 0 Å². The van der Waals surface area contributed by atoms with Gasteiger partial charge in [0.2, 0.25) is 0 Å². The average Bonchev–Trinajstić information content (AvgIpc) is 2.04. The van der Waals surface area contributed by atoms with E-state index in [-0.39, 0.29) is 0 Å². The Morgan fingerprint density at radius 1 is 0.769 bits per heavy atom. The molecule has 2 rings (SSSR count). The summed E-state index contributed by atoms with van der Waals surface area (Å²) in [6.45, 7) is 0. The Balaban J connectivity index is 1.98. The number of nitrogens with one attached hydrogen (secondary N) is 3. The third kappa shape index (κ3) is 1.01. The smallest absolute Gasteiger partial charge is 0.253 e. The van der Waals surface area contributed by atoms with E-state index in [1.54, 1.807) is 0 Å². The van der Waals surface area contributed by atoms with Gasteiger partial charge in [-0.15, -0.1) is 0 Å². The highest BCUT2D eigenvalue weighted by Gasteiger charge is 2.46. The van der Waals surface area contributed by atoms with Crippen LogP contribution in [-0.4, -0.2) is 35.7 Å². The fraction of sp³-hybridized carbons (Fsp3) is 0.333. The number of rotatable bonds is 2. The molecule has 0 aromatic carbocycles. The summed E-state index contributed by atoms with van der Waals surface area (Å²) in [7, 11) is 0. The summed E-state index contributed by atoms with van der Waals surface area (Å²) in [4.78, 5) is 42.8. The first-order valence-electron chi connectivity index (χ1n) is 3.55. The van der Waals surface area contributed by atoms with Crippen LogP contribution in [0.25, 0.3) is 0 Å². The minimum Gasteiger partial charge on any atom is -0.293 e. The van der Waals surface area contributed by atoms with Crippen LogP contribution in [0.1, 0.15) is 0 Å². The van der Waals surface area contributed by atoms with E-state index in [0.717, 1.165) is 0 Å². The SMILES string of the molecule is O=C1NC(=O)C1NC1C(=O)NC1=O. The second-order valence-corrected chi connectivity index (χ2v) is 2.74. The van der Waals surface area contributed by atoms with Gasteiger partial charge >= 0.3 is 0 Å². The standard InChI is InChI=1S/C6H5N3O4/c10-3-1(4(11)8-3)7-2-5(12)9-6(2)13/h1-2,7H,(H,8,10,11)(H,9,12,13). The molecule has 68 valence electrons. The third-order valence-electron chi connectivity index (χ3n) is 1.87. The van der Waals surface area contributed by atoms with Crippen LogP contribution in [0.5, 0.6) is 0 Å². The van der Waals surface area contributed by atoms with Crippen molar-refractivity contribution >= 4 is 23.6 Å². The summed E-state index contributed by atoms with van der Waals surface area (Å²) < 4.78 is 0. The van der Waals surface area contributed by atoms with E-state index in [2.05, 4.69) is 5.32 Å². The number of β-lactam (4-membered cyclic amide) rings is 4. The lowest BCUT2D eigenvalue weighted by Crippen LogP contribution is -2.74. The largest absolute Gasteiger partial charge is 0.293 e. The van der Waals surface area contributed by atoms with Gasteiger partial charge in [0.15, 0.2) is 12.1 Å². The molecule has 0 atom stereocenters. The van der Waals surface area contributed by atoms with Crippen LogP contribution in [0.2, 0.25) is 0 Å². The molecule has 13 heavy (non-hydrogen) atoms. The van der Waals surface area contributed by atoms with Gasteiger partial charge in [0, 0.05) is 0 Å². The molecule has 0 aliphatic carbocycles. The molecule has 2 aliphatic heterocycles. The average molecular weight is 183 g/mol. The molecule has 2 heterocycles. The minimum absolute atomic E-state index is 0.516. The molecule has 0 saturated carbocycles. The summed E-state index contributed by atoms with van der Waals surface area (Å²) in [6, 6.07) is -2.11. The zero-order valence-corrected chi connectivity index (χ0v) is 6.29. The van der Waals surface area contributed by atoms with E-state index >= 15 is 0 Å². The normalized spacial score (nSPS) is 23.4. The van der Waals surface area contributed by atoms with Gasteiger partial charge in [-0.25, -0.2) is 0 Å². The lowest BCUT2D eigenvalue weighted by atomic mass is 10.1. The van der Waals surface area contributed by atoms with Gasteiger partial charge in [-0.3, -0.25) is 35.1 Å². The van der Waals surface area contributed by atoms with E-state index in [1.807, 2.05) is 10.6 Å². The molecule has 0 bridgehead atoms. The van der Waals surface area contributed by atoms with Crippen LogP contribution in [0.3, 0.4) is 0 Å². The van der Waals surface area contributed by atoms with Crippen molar-refractivity contribution in [3.05, 3.63) is 0 Å². The molecule has 0 radical (unpaired) electrons. The first kappa shape index (κ1) is 7.87. The van der Waals surface area contributed by atoms with Gasteiger partial charge in [-0.2, -0.15) is 0 Å². The third-order valence-corrected chi connectivity index (χ3v) is 1.87. The molecule has 2 aliphatic rings. The number of hydrogen-bond acceptors (Lipinski definition) is 5. The Hall–Kier alpha value is -1.76. The Bertz CT molecular complexity index is 277. The van der Waals surface area contributed by atoms with Gasteiger partial charge in [-0.1, -0.05) is 0 Å². The summed E-state index contributed by atoms with van der Waals surface area (Å²) in [5.41, 5.74) is 0. The first-order valence-corrected chi connectivity index (χ1v) is 3.55. The Morgan fingerprint density at radius 2 is 1.08 bits per heavy atom. The maximum absolute atomic E-state index is 10.7. The zero-order chi connectivity index (χ0) is 9.59. The molecule has 4 amide bonds. The van der Waals surface area contributed by atoms with Crippen molar-refractivity contribution in [3.8, 4) is 0 Å². The number of imide groups is 2. The Morgan fingerprint density at radius 3 is 1.31 bits per heavy atom. The summed E-state index contributed by atoms with van der Waals surface area (Å²) in [5, 5.41) is 6.24. The number of hydrogen-bond donors (Lipinski definition) is 3. The van der Waals surface area contributed by atoms with E-state index in [0.29, 0.717) is 0 Å². The zero-order valence-electron chi connectivity index (χ0n) is 6.29. The number of carbonyl (C=O) groups is 4. The van der Waals surface area contributed by atoms with Crippen molar-refractivity contribution < 1.29 is 19.2 Å². The van der Waals surface area contributed by atoms with Crippen molar-refractivity contribution in [2.24, 2.45) is 0 Å². The molecular formula is C6H5N3O4. The molecule has 2 saturated heterocycles. The quantitative estimate of drug-likeness (QED) is 0.306. The molecule has 0 spiro atoms. The monoisotopic (exact) mass is 183 g/mol. The van der Waals surface area contributed by atoms with Gasteiger partial charge < -0.3 is 0 Å². The van der Waals surface area contributed by atoms with Crippen LogP contribution >= 0.6 is 0 Å². The van der Waals surface area contributed by atoms with Crippen molar-refractivity contribution in [2.75, 3.05) is 0 Å². The van der Waals surface area contributed by atoms with Crippen LogP contribution in [0.15, 0.2) is 0 Å². The van der Waals surface area contributed by atoms with Crippen LogP contribution < -0.4 is 16.0 Å². The number of carbonyl (C=O) groups excluding carboxylic acids is 4. The van der Waals surface area contributed by atoms with Crippen molar-refractivity contribution in [3.63, 3.8) is 0 Å². The van der Waals surface area contributed by atoms with Gasteiger partial charge in [0.25, 0.3) is 23.6 Å². The lowest BCUT2D eigenvalue weighted by molar-refractivity contribution is -0.148. The number of amides is 4. The second-order valence-electron chi connectivity index (χ2n) is 2.74. The maximum atomic E-state index is 10.7. The second kappa shape index (κ2) is 2.36. The Kier molecular flexibility index (Phi) is 1.43. The van der Waals surface area contributed by atoms with Crippen LogP contribution in [0, 0.1) is 0 Å². The predicted octanol–water partition coefficient (Wildman–Crippen LogP) is -3.37. The van der Waals surface area contributed by atoms with Gasteiger partial charge in [0.1, 0.15) is 0 Å². The lowest BCUT2D eigenvalue weighted by Gasteiger charge is -2.31. The van der Waals surface area contributed by atoms with E-state index in [9.17, 15) is 19.2 Å². The van der Waals surface area contributed by atoms with E-state index in [1.165, 1.54) is 0 Å². The predicted molar refractivity (Wildman–Crippen MR) is 37.0 cm³/mol. The molecule has 7 nitrogen and oxygen atoms in total. The highest BCUT2D eigenvalue weighted by atomic mass is 16.2. The summed E-state index contributed by atoms with van der Waals surface area (Å²) in [6.07, 6.45) is 0. The maximum Gasteiger partial charge on any atom is 0.253 e. The summed E-state index contributed by atoms with van der Waals surface area (Å²) in [5.74, 6) is -2.06. The first-order chi connectivity index (χ1) is 6.09. The molecule has 7 heteroatoms. The van der Waals surface area contributed by atoms with Crippen LogP contribution in [-0.2, 0) is 19.2 Å². The highest BCUT2D eigenvalue weighted by Crippen LogP contribution is 2.03. The van der Waals surface area contributed by atoms with Crippen molar-refractivity contribution in [2.45, 2.75) is 12.1 Å². The van der Waals surface area contributed by atoms with E-state index < -0.39 is 35.7 Å². The molecule has 3 N–H and O–H groups in total. The van der Waals surface area contributed by atoms with Crippen molar-refractivity contribution in [1.82, 2.24) is 16.0 Å². The molecule has 0 aromatic heterocycles. The summed E-state index contributed by atoms with van der Waals surface area (Å²) >= 11 is 0. The minimum atomic E-state index is -1.06. The van der Waals surface area contributed by atoms with Crippen molar-refractivity contribution in [1.29, 1.82) is 0 Å². The molecule has 2 fully saturated rings. The molecule has 0 unspecified atom stereocenters.